The van der Waals surface area contributed by atoms with Gasteiger partial charge in [0.2, 0.25) is 0 Å². The van der Waals surface area contributed by atoms with Gasteiger partial charge >= 0.3 is 5.97 Å². The van der Waals surface area contributed by atoms with E-state index >= 15 is 0 Å². The molecule has 0 aromatic carbocycles. The molecule has 0 spiro atoms. The lowest BCUT2D eigenvalue weighted by Gasteiger charge is -1.86. The molecule has 2 rings (SSSR count). The number of carbonyl (C=O) groups is 1. The van der Waals surface area contributed by atoms with E-state index < -0.39 is 5.97 Å². The van der Waals surface area contributed by atoms with Crippen molar-refractivity contribution in [2.75, 3.05) is 0 Å². The van der Waals surface area contributed by atoms with Crippen molar-refractivity contribution >= 4 is 28.9 Å². The maximum Gasteiger partial charge on any atom is 0.347 e. The van der Waals surface area contributed by atoms with Crippen molar-refractivity contribution in [1.29, 1.82) is 0 Å². The third kappa shape index (κ3) is 1.64. The summed E-state index contributed by atoms with van der Waals surface area (Å²) >= 11 is 6.62. The van der Waals surface area contributed by atoms with Gasteiger partial charge < -0.3 is 9.52 Å². The number of hydrogen-bond donors (Lipinski definition) is 1. The summed E-state index contributed by atoms with van der Waals surface area (Å²) in [6.45, 7) is 0. The lowest BCUT2D eigenvalue weighted by atomic mass is 10.5. The highest BCUT2D eigenvalue weighted by Crippen LogP contribution is 2.28. The van der Waals surface area contributed by atoms with Crippen molar-refractivity contribution in [3.05, 3.63) is 28.4 Å². The van der Waals surface area contributed by atoms with Crippen molar-refractivity contribution in [1.82, 2.24) is 4.98 Å². The molecular weight excluding hydrogens is 226 g/mol. The lowest BCUT2D eigenvalue weighted by Crippen LogP contribution is -1.89. The summed E-state index contributed by atoms with van der Waals surface area (Å²) in [6, 6.07) is 3.23. The Labute approximate surface area is 87.8 Å². The molecule has 0 aliphatic rings. The molecule has 0 atom stereocenters. The average Bonchev–Trinajstić information content (AvgIpc) is 2.70. The van der Waals surface area contributed by atoms with Crippen LogP contribution in [0.1, 0.15) is 9.67 Å². The Bertz CT molecular complexity index is 476. The Balaban J connectivity index is 2.38. The zero-order valence-corrected chi connectivity index (χ0v) is 8.30. The molecule has 0 fully saturated rings. The number of halogens is 1. The van der Waals surface area contributed by atoms with Crippen molar-refractivity contribution in [2.45, 2.75) is 0 Å². The van der Waals surface area contributed by atoms with E-state index in [2.05, 4.69) is 4.98 Å². The molecular formula is C8H4ClNO3S. The van der Waals surface area contributed by atoms with Crippen LogP contribution in [0.5, 0.6) is 0 Å². The van der Waals surface area contributed by atoms with E-state index in [9.17, 15) is 4.79 Å². The first-order valence-corrected chi connectivity index (χ1v) is 4.81. The number of carboxylic acid groups (broad SMARTS) is 1. The van der Waals surface area contributed by atoms with Crippen LogP contribution in [0, 0.1) is 0 Å². The van der Waals surface area contributed by atoms with Gasteiger partial charge in [-0.25, -0.2) is 9.78 Å². The van der Waals surface area contributed by atoms with E-state index in [4.69, 9.17) is 21.1 Å². The van der Waals surface area contributed by atoms with Crippen LogP contribution in [0.15, 0.2) is 22.7 Å². The van der Waals surface area contributed by atoms with Crippen LogP contribution in [0.3, 0.4) is 0 Å². The fourth-order valence-electron chi connectivity index (χ4n) is 0.916. The third-order valence-corrected chi connectivity index (χ3v) is 2.70. The highest BCUT2D eigenvalue weighted by atomic mass is 35.5. The van der Waals surface area contributed by atoms with Gasteiger partial charge in [0.1, 0.15) is 4.88 Å². The molecule has 0 unspecified atom stereocenters. The molecule has 0 aliphatic heterocycles. The molecule has 4 nitrogen and oxygen atoms in total. The fraction of sp³-hybridized carbons (Fsp3) is 0. The maximum absolute atomic E-state index is 10.6. The Morgan fingerprint density at radius 3 is 2.86 bits per heavy atom. The SMILES string of the molecule is O=C(O)c1cnc(-c2ccc(Cl)o2)s1. The van der Waals surface area contributed by atoms with Crippen LogP contribution < -0.4 is 0 Å². The van der Waals surface area contributed by atoms with Gasteiger partial charge in [-0.15, -0.1) is 11.3 Å². The largest absolute Gasteiger partial charge is 0.477 e. The third-order valence-electron chi connectivity index (χ3n) is 1.50. The number of aromatic nitrogens is 1. The van der Waals surface area contributed by atoms with Gasteiger partial charge in [-0.1, -0.05) is 0 Å². The molecule has 2 heterocycles. The summed E-state index contributed by atoms with van der Waals surface area (Å²) < 4.78 is 5.08. The van der Waals surface area contributed by atoms with E-state index in [1.807, 2.05) is 0 Å². The van der Waals surface area contributed by atoms with Crippen molar-refractivity contribution < 1.29 is 14.3 Å². The predicted octanol–water partition coefficient (Wildman–Crippen LogP) is 2.75. The van der Waals surface area contributed by atoms with Gasteiger partial charge in [-0.2, -0.15) is 0 Å². The molecule has 0 saturated carbocycles. The Morgan fingerprint density at radius 2 is 2.36 bits per heavy atom. The van der Waals surface area contributed by atoms with E-state index in [1.165, 1.54) is 6.20 Å². The second kappa shape index (κ2) is 3.43. The van der Waals surface area contributed by atoms with Gasteiger partial charge in [0.25, 0.3) is 0 Å². The lowest BCUT2D eigenvalue weighted by molar-refractivity contribution is 0.0702. The number of nitrogens with zero attached hydrogens (tertiary/aromatic N) is 1. The minimum Gasteiger partial charge on any atom is -0.477 e. The first-order chi connectivity index (χ1) is 6.66. The number of furan rings is 1. The Hall–Kier alpha value is -1.33. The second-order valence-electron chi connectivity index (χ2n) is 2.44. The fourth-order valence-corrected chi connectivity index (χ4v) is 1.78. The van der Waals surface area contributed by atoms with Crippen molar-refractivity contribution in [2.24, 2.45) is 0 Å². The summed E-state index contributed by atoms with van der Waals surface area (Å²) in [5, 5.41) is 9.43. The summed E-state index contributed by atoms with van der Waals surface area (Å²) in [4.78, 5) is 14.6. The van der Waals surface area contributed by atoms with E-state index in [-0.39, 0.29) is 10.1 Å². The van der Waals surface area contributed by atoms with E-state index in [0.29, 0.717) is 10.8 Å². The standard InChI is InChI=1S/C8H4ClNO3S/c9-6-2-1-4(13-6)7-10-3-5(14-7)8(11)12/h1-3H,(H,11,12). The molecule has 0 aliphatic carbocycles. The van der Waals surface area contributed by atoms with Crippen LogP contribution in [-0.2, 0) is 0 Å². The van der Waals surface area contributed by atoms with E-state index in [0.717, 1.165) is 11.3 Å². The first kappa shape index (κ1) is 9.23. The summed E-state index contributed by atoms with van der Waals surface area (Å²) in [6.07, 6.45) is 1.29. The molecule has 14 heavy (non-hydrogen) atoms. The topological polar surface area (TPSA) is 63.3 Å². The highest BCUT2D eigenvalue weighted by Gasteiger charge is 2.12. The number of rotatable bonds is 2. The first-order valence-electron chi connectivity index (χ1n) is 3.61. The molecule has 1 N–H and O–H groups in total. The summed E-state index contributed by atoms with van der Waals surface area (Å²) in [5.41, 5.74) is 0. The van der Waals surface area contributed by atoms with Crippen molar-refractivity contribution in [3.8, 4) is 10.8 Å². The monoisotopic (exact) mass is 229 g/mol. The average molecular weight is 230 g/mol. The Morgan fingerprint density at radius 1 is 1.57 bits per heavy atom. The van der Waals surface area contributed by atoms with Crippen LogP contribution in [-0.4, -0.2) is 16.1 Å². The minimum absolute atomic E-state index is 0.174. The Kier molecular flexibility index (Phi) is 2.26. The van der Waals surface area contributed by atoms with Crippen molar-refractivity contribution in [3.63, 3.8) is 0 Å². The van der Waals surface area contributed by atoms with Gasteiger partial charge in [0.15, 0.2) is 16.0 Å². The maximum atomic E-state index is 10.6. The molecule has 72 valence electrons. The normalized spacial score (nSPS) is 10.4. The van der Waals surface area contributed by atoms with Gasteiger partial charge in [0, 0.05) is 0 Å². The van der Waals surface area contributed by atoms with Gasteiger partial charge in [-0.05, 0) is 23.7 Å². The highest BCUT2D eigenvalue weighted by molar-refractivity contribution is 7.16. The molecule has 2 aromatic rings. The van der Waals surface area contributed by atoms with Crippen LogP contribution >= 0.6 is 22.9 Å². The van der Waals surface area contributed by atoms with Gasteiger partial charge in [0.05, 0.1) is 6.20 Å². The summed E-state index contributed by atoms with van der Waals surface area (Å²) in [5.74, 6) is -0.515. The molecule has 0 saturated heterocycles. The smallest absolute Gasteiger partial charge is 0.347 e. The number of aromatic carboxylic acids is 1. The minimum atomic E-state index is -0.994. The zero-order valence-electron chi connectivity index (χ0n) is 6.73. The van der Waals surface area contributed by atoms with Crippen LogP contribution in [0.2, 0.25) is 5.22 Å². The second-order valence-corrected chi connectivity index (χ2v) is 3.84. The molecule has 0 radical (unpaired) electrons. The van der Waals surface area contributed by atoms with E-state index in [1.54, 1.807) is 12.1 Å². The predicted molar refractivity (Wildman–Crippen MR) is 51.8 cm³/mol. The van der Waals surface area contributed by atoms with Crippen LogP contribution in [0.4, 0.5) is 0 Å². The summed E-state index contributed by atoms with van der Waals surface area (Å²) in [7, 11) is 0. The molecule has 0 amide bonds. The zero-order chi connectivity index (χ0) is 10.1. The van der Waals surface area contributed by atoms with Crippen LogP contribution in [0.25, 0.3) is 10.8 Å². The molecule has 6 heteroatoms. The quantitative estimate of drug-likeness (QED) is 0.860. The molecule has 2 aromatic heterocycles. The molecule has 0 bridgehead atoms. The number of thiazole rings is 1. The number of hydrogen-bond acceptors (Lipinski definition) is 4. The van der Waals surface area contributed by atoms with Gasteiger partial charge in [-0.3, -0.25) is 0 Å². The number of carboxylic acids is 1.